The number of nitrogens with one attached hydrogen (secondary N) is 1. The third-order valence-electron chi connectivity index (χ3n) is 4.01. The van der Waals surface area contributed by atoms with Crippen molar-refractivity contribution in [3.8, 4) is 22.7 Å². The van der Waals surface area contributed by atoms with E-state index in [4.69, 9.17) is 5.26 Å². The molecule has 1 unspecified atom stereocenters. The standard InChI is InChI=1S/C18H11N7S/c19-4-1-13(11-2-5-21-12(7-11)8-20)18-23-9-15(26-18)16-14-3-6-22-17(14)25-10-24-16/h2-3,5-7,9-10,13H,1H2,(H,22,24,25). The highest BCUT2D eigenvalue weighted by Gasteiger charge is 2.20. The number of hydrogen-bond donors (Lipinski definition) is 1. The minimum Gasteiger partial charge on any atom is -0.346 e. The Kier molecular flexibility index (Phi) is 4.10. The maximum Gasteiger partial charge on any atom is 0.141 e. The average Bonchev–Trinajstić information content (AvgIpc) is 3.35. The molecule has 8 heteroatoms. The third kappa shape index (κ3) is 2.79. The normalized spacial score (nSPS) is 11.8. The van der Waals surface area contributed by atoms with Crippen molar-refractivity contribution in [3.05, 3.63) is 59.4 Å². The Morgan fingerprint density at radius 2 is 2.08 bits per heavy atom. The highest BCUT2D eigenvalue weighted by Crippen LogP contribution is 2.36. The Morgan fingerprint density at radius 1 is 1.15 bits per heavy atom. The van der Waals surface area contributed by atoms with Crippen molar-refractivity contribution in [2.45, 2.75) is 12.3 Å². The first-order valence-electron chi connectivity index (χ1n) is 7.77. The molecule has 0 aliphatic rings. The van der Waals surface area contributed by atoms with E-state index in [1.807, 2.05) is 24.4 Å². The van der Waals surface area contributed by atoms with Crippen LogP contribution in [0.4, 0.5) is 0 Å². The van der Waals surface area contributed by atoms with E-state index in [2.05, 4.69) is 31.0 Å². The number of aromatic nitrogens is 5. The number of hydrogen-bond acceptors (Lipinski definition) is 7. The van der Waals surface area contributed by atoms with Crippen LogP contribution in [0.5, 0.6) is 0 Å². The second-order valence-electron chi connectivity index (χ2n) is 5.53. The molecule has 1 atom stereocenters. The highest BCUT2D eigenvalue weighted by molar-refractivity contribution is 7.15. The molecule has 4 aromatic heterocycles. The molecule has 0 saturated heterocycles. The quantitative estimate of drug-likeness (QED) is 0.598. The summed E-state index contributed by atoms with van der Waals surface area (Å²) in [7, 11) is 0. The fourth-order valence-electron chi connectivity index (χ4n) is 2.79. The van der Waals surface area contributed by atoms with Crippen LogP contribution in [0.1, 0.15) is 28.6 Å². The first kappa shape index (κ1) is 15.9. The van der Waals surface area contributed by atoms with Gasteiger partial charge in [0.05, 0.1) is 16.6 Å². The van der Waals surface area contributed by atoms with Gasteiger partial charge in [-0.05, 0) is 23.8 Å². The van der Waals surface area contributed by atoms with Crippen LogP contribution in [0.3, 0.4) is 0 Å². The van der Waals surface area contributed by atoms with Crippen LogP contribution in [0.25, 0.3) is 21.6 Å². The number of nitriles is 2. The molecule has 0 saturated carbocycles. The largest absolute Gasteiger partial charge is 0.346 e. The summed E-state index contributed by atoms with van der Waals surface area (Å²) >= 11 is 1.49. The minimum atomic E-state index is -0.211. The topological polar surface area (TPSA) is 115 Å². The summed E-state index contributed by atoms with van der Waals surface area (Å²) in [5.74, 6) is -0.211. The van der Waals surface area contributed by atoms with Gasteiger partial charge in [-0.15, -0.1) is 11.3 Å². The lowest BCUT2D eigenvalue weighted by molar-refractivity contribution is 0.823. The Balaban J connectivity index is 1.76. The predicted molar refractivity (Wildman–Crippen MR) is 96.0 cm³/mol. The zero-order valence-corrected chi connectivity index (χ0v) is 14.2. The molecule has 0 aromatic carbocycles. The molecule has 4 heterocycles. The lowest BCUT2D eigenvalue weighted by Gasteiger charge is -2.10. The number of thiazole rings is 1. The molecule has 4 rings (SSSR count). The Hall–Kier alpha value is -3.62. The number of aromatic amines is 1. The number of fused-ring (bicyclic) bond motifs is 1. The molecule has 4 aromatic rings. The summed E-state index contributed by atoms with van der Waals surface area (Å²) in [5.41, 5.74) is 2.76. The van der Waals surface area contributed by atoms with Crippen LogP contribution < -0.4 is 0 Å². The van der Waals surface area contributed by atoms with Crippen LogP contribution in [-0.2, 0) is 0 Å². The molecule has 26 heavy (non-hydrogen) atoms. The van der Waals surface area contributed by atoms with Crippen LogP contribution >= 0.6 is 11.3 Å². The van der Waals surface area contributed by atoms with Crippen molar-refractivity contribution in [1.82, 2.24) is 24.9 Å². The van der Waals surface area contributed by atoms with Gasteiger partial charge < -0.3 is 4.98 Å². The fourth-order valence-corrected chi connectivity index (χ4v) is 3.85. The molecule has 0 aliphatic carbocycles. The molecule has 0 amide bonds. The van der Waals surface area contributed by atoms with Crippen LogP contribution in [0.2, 0.25) is 0 Å². The SMILES string of the molecule is N#CCC(c1ccnc(C#N)c1)c1ncc(-c2ncnc3[nH]ccc23)s1. The van der Waals surface area contributed by atoms with Gasteiger partial charge in [-0.3, -0.25) is 0 Å². The van der Waals surface area contributed by atoms with E-state index < -0.39 is 0 Å². The summed E-state index contributed by atoms with van der Waals surface area (Å²) in [6.07, 6.45) is 6.96. The van der Waals surface area contributed by atoms with Crippen molar-refractivity contribution in [3.63, 3.8) is 0 Å². The average molecular weight is 357 g/mol. The lowest BCUT2D eigenvalue weighted by Crippen LogP contribution is -2.01. The summed E-state index contributed by atoms with van der Waals surface area (Å²) in [6.45, 7) is 0. The van der Waals surface area contributed by atoms with Gasteiger partial charge in [-0.25, -0.2) is 19.9 Å². The van der Waals surface area contributed by atoms with E-state index in [9.17, 15) is 5.26 Å². The van der Waals surface area contributed by atoms with Gasteiger partial charge in [0.15, 0.2) is 0 Å². The van der Waals surface area contributed by atoms with Gasteiger partial charge in [-0.2, -0.15) is 10.5 Å². The van der Waals surface area contributed by atoms with Crippen molar-refractivity contribution in [2.75, 3.05) is 0 Å². The van der Waals surface area contributed by atoms with Gasteiger partial charge in [0.25, 0.3) is 0 Å². The number of pyridine rings is 1. The minimum absolute atomic E-state index is 0.211. The number of rotatable bonds is 4. The van der Waals surface area contributed by atoms with E-state index in [0.29, 0.717) is 5.69 Å². The highest BCUT2D eigenvalue weighted by atomic mass is 32.1. The van der Waals surface area contributed by atoms with Crippen LogP contribution in [-0.4, -0.2) is 24.9 Å². The van der Waals surface area contributed by atoms with Crippen molar-refractivity contribution < 1.29 is 0 Å². The van der Waals surface area contributed by atoms with E-state index >= 15 is 0 Å². The maximum absolute atomic E-state index is 9.24. The van der Waals surface area contributed by atoms with Crippen molar-refractivity contribution in [1.29, 1.82) is 10.5 Å². The molecule has 124 valence electrons. The summed E-state index contributed by atoms with van der Waals surface area (Å²) < 4.78 is 0. The third-order valence-corrected chi connectivity index (χ3v) is 5.12. The Labute approximate surface area is 152 Å². The first-order chi connectivity index (χ1) is 12.8. The van der Waals surface area contributed by atoms with Crippen molar-refractivity contribution >= 4 is 22.4 Å². The molecular weight excluding hydrogens is 346 g/mol. The predicted octanol–water partition coefficient (Wildman–Crippen LogP) is 3.39. The Morgan fingerprint density at radius 3 is 2.92 bits per heavy atom. The van der Waals surface area contributed by atoms with E-state index in [-0.39, 0.29) is 12.3 Å². The maximum atomic E-state index is 9.24. The molecule has 7 nitrogen and oxygen atoms in total. The molecule has 0 radical (unpaired) electrons. The lowest BCUT2D eigenvalue weighted by atomic mass is 9.97. The van der Waals surface area contributed by atoms with E-state index in [1.54, 1.807) is 18.5 Å². The smallest absolute Gasteiger partial charge is 0.141 e. The summed E-state index contributed by atoms with van der Waals surface area (Å²) in [5, 5.41) is 20.0. The zero-order chi connectivity index (χ0) is 17.9. The van der Waals surface area contributed by atoms with E-state index in [0.717, 1.165) is 32.2 Å². The molecule has 0 fully saturated rings. The zero-order valence-electron chi connectivity index (χ0n) is 13.4. The second-order valence-corrected chi connectivity index (χ2v) is 6.59. The van der Waals surface area contributed by atoms with Crippen LogP contribution in [0.15, 0.2) is 43.1 Å². The number of nitrogens with zero attached hydrogens (tertiary/aromatic N) is 6. The van der Waals surface area contributed by atoms with Crippen molar-refractivity contribution in [2.24, 2.45) is 0 Å². The van der Waals surface area contributed by atoms with Gasteiger partial charge in [0, 0.05) is 36.3 Å². The van der Waals surface area contributed by atoms with Gasteiger partial charge in [0.2, 0.25) is 0 Å². The van der Waals surface area contributed by atoms with Gasteiger partial charge in [0.1, 0.15) is 28.7 Å². The molecule has 0 aliphatic heterocycles. The molecule has 1 N–H and O–H groups in total. The molecular formula is C18H11N7S. The van der Waals surface area contributed by atoms with E-state index in [1.165, 1.54) is 17.7 Å². The second kappa shape index (κ2) is 6.71. The summed E-state index contributed by atoms with van der Waals surface area (Å²) in [4.78, 5) is 21.1. The van der Waals surface area contributed by atoms with Crippen LogP contribution in [0, 0.1) is 22.7 Å². The van der Waals surface area contributed by atoms with Gasteiger partial charge >= 0.3 is 0 Å². The molecule has 0 bridgehead atoms. The Bertz CT molecular complexity index is 1160. The monoisotopic (exact) mass is 357 g/mol. The fraction of sp³-hybridized carbons (Fsp3) is 0.111. The number of H-pyrrole nitrogens is 1. The summed E-state index contributed by atoms with van der Waals surface area (Å²) in [6, 6.07) is 9.70. The molecule has 0 spiro atoms. The first-order valence-corrected chi connectivity index (χ1v) is 8.59. The van der Waals surface area contributed by atoms with Gasteiger partial charge in [-0.1, -0.05) is 0 Å².